The summed E-state index contributed by atoms with van der Waals surface area (Å²) >= 11 is 0. The highest BCUT2D eigenvalue weighted by Gasteiger charge is 2.36. The Morgan fingerprint density at radius 1 is 1.12 bits per heavy atom. The van der Waals surface area contributed by atoms with Crippen LogP contribution in [0.5, 0.6) is 5.75 Å². The van der Waals surface area contributed by atoms with Crippen LogP contribution in [0.4, 0.5) is 0 Å². The maximum absolute atomic E-state index is 12.2. The summed E-state index contributed by atoms with van der Waals surface area (Å²) in [4.78, 5) is 14.7. The van der Waals surface area contributed by atoms with Gasteiger partial charge in [0.2, 0.25) is 0 Å². The Hall–Kier alpha value is -1.77. The molecule has 2 aliphatic rings. The third-order valence-electron chi connectivity index (χ3n) is 5.75. The molecule has 2 atom stereocenters. The van der Waals surface area contributed by atoms with Gasteiger partial charge in [0.15, 0.2) is 5.78 Å². The van der Waals surface area contributed by atoms with Crippen LogP contribution in [0.25, 0.3) is 0 Å². The molecule has 130 valence electrons. The molecule has 3 nitrogen and oxygen atoms in total. The zero-order chi connectivity index (χ0) is 17.1. The molecule has 0 bridgehead atoms. The Kier molecular flexibility index (Phi) is 5.27. The first kappa shape index (κ1) is 17.1. The lowest BCUT2D eigenvalue weighted by Gasteiger charge is -2.46. The SMILES string of the molecule is COc1ccc([C@@H](C)N2C(C)=CC(=O)C[C@H]2C2CCCCC2)cc1. The summed E-state index contributed by atoms with van der Waals surface area (Å²) < 4.78 is 5.28. The predicted octanol–water partition coefficient (Wildman–Crippen LogP) is 4.88. The van der Waals surface area contributed by atoms with E-state index in [9.17, 15) is 4.79 Å². The van der Waals surface area contributed by atoms with Gasteiger partial charge >= 0.3 is 0 Å². The van der Waals surface area contributed by atoms with E-state index in [1.54, 1.807) is 7.11 Å². The fraction of sp³-hybridized carbons (Fsp3) is 0.571. The second-order valence-electron chi connectivity index (χ2n) is 7.28. The molecule has 0 radical (unpaired) electrons. The highest BCUT2D eigenvalue weighted by atomic mass is 16.5. The number of allylic oxidation sites excluding steroid dienone is 2. The van der Waals surface area contributed by atoms with Crippen LogP contribution >= 0.6 is 0 Å². The zero-order valence-electron chi connectivity index (χ0n) is 15.1. The number of hydrogen-bond acceptors (Lipinski definition) is 3. The van der Waals surface area contributed by atoms with Crippen LogP contribution in [0.3, 0.4) is 0 Å². The maximum Gasteiger partial charge on any atom is 0.159 e. The number of rotatable bonds is 4. The lowest BCUT2D eigenvalue weighted by atomic mass is 9.79. The summed E-state index contributed by atoms with van der Waals surface area (Å²) in [6, 6.07) is 8.95. The first-order chi connectivity index (χ1) is 11.6. The quantitative estimate of drug-likeness (QED) is 0.789. The highest BCUT2D eigenvalue weighted by Crippen LogP contribution is 2.39. The van der Waals surface area contributed by atoms with E-state index >= 15 is 0 Å². The van der Waals surface area contributed by atoms with Crippen LogP contribution < -0.4 is 4.74 Å². The van der Waals surface area contributed by atoms with E-state index < -0.39 is 0 Å². The average molecular weight is 327 g/mol. The van der Waals surface area contributed by atoms with Gasteiger partial charge in [0, 0.05) is 24.2 Å². The molecular weight excluding hydrogens is 298 g/mol. The van der Waals surface area contributed by atoms with E-state index in [0.717, 1.165) is 11.4 Å². The van der Waals surface area contributed by atoms with Crippen LogP contribution in [0, 0.1) is 5.92 Å². The topological polar surface area (TPSA) is 29.5 Å². The van der Waals surface area contributed by atoms with Crippen molar-refractivity contribution in [3.8, 4) is 5.75 Å². The molecule has 1 fully saturated rings. The second kappa shape index (κ2) is 7.42. The molecule has 0 amide bonds. The maximum atomic E-state index is 12.2. The lowest BCUT2D eigenvalue weighted by molar-refractivity contribution is -0.117. The molecule has 1 aliphatic carbocycles. The van der Waals surface area contributed by atoms with Crippen LogP contribution in [0.1, 0.15) is 64.0 Å². The van der Waals surface area contributed by atoms with Gasteiger partial charge in [-0.25, -0.2) is 0 Å². The Morgan fingerprint density at radius 3 is 2.42 bits per heavy atom. The number of ketones is 1. The number of carbonyl (C=O) groups excluding carboxylic acids is 1. The van der Waals surface area contributed by atoms with Crippen molar-refractivity contribution in [2.75, 3.05) is 7.11 Å². The minimum Gasteiger partial charge on any atom is -0.497 e. The molecule has 1 aromatic rings. The molecule has 0 N–H and O–H groups in total. The molecular formula is C21H29NO2. The molecule has 1 heterocycles. The van der Waals surface area contributed by atoms with Gasteiger partial charge in [0.25, 0.3) is 0 Å². The molecule has 0 saturated heterocycles. The standard InChI is InChI=1S/C21H29NO2/c1-15-13-19(23)14-21(18-7-5-4-6-8-18)22(15)16(2)17-9-11-20(24-3)12-10-17/h9-13,16,18,21H,4-8,14H2,1-3H3/t16-,21+/m1/s1. The minimum absolute atomic E-state index is 0.271. The van der Waals surface area contributed by atoms with Crippen molar-refractivity contribution in [3.05, 3.63) is 41.6 Å². The molecule has 1 saturated carbocycles. The normalized spacial score (nSPS) is 23.8. The number of hydrogen-bond donors (Lipinski definition) is 0. The van der Waals surface area contributed by atoms with Crippen LogP contribution in [0.2, 0.25) is 0 Å². The van der Waals surface area contributed by atoms with E-state index in [2.05, 4.69) is 30.9 Å². The summed E-state index contributed by atoms with van der Waals surface area (Å²) in [6.07, 6.45) is 8.99. The molecule has 0 spiro atoms. The van der Waals surface area contributed by atoms with Crippen molar-refractivity contribution >= 4 is 5.78 Å². The largest absolute Gasteiger partial charge is 0.497 e. The van der Waals surface area contributed by atoms with E-state index in [-0.39, 0.29) is 6.04 Å². The zero-order valence-corrected chi connectivity index (χ0v) is 15.1. The summed E-state index contributed by atoms with van der Waals surface area (Å²) in [6.45, 7) is 4.34. The number of ether oxygens (including phenoxy) is 1. The fourth-order valence-electron chi connectivity index (χ4n) is 4.48. The van der Waals surface area contributed by atoms with Crippen LogP contribution in [-0.2, 0) is 4.79 Å². The summed E-state index contributed by atoms with van der Waals surface area (Å²) in [5.41, 5.74) is 2.39. The van der Waals surface area contributed by atoms with Crippen molar-refractivity contribution < 1.29 is 9.53 Å². The minimum atomic E-state index is 0.271. The van der Waals surface area contributed by atoms with Gasteiger partial charge in [0.1, 0.15) is 5.75 Å². The van der Waals surface area contributed by atoms with Gasteiger partial charge < -0.3 is 9.64 Å². The van der Waals surface area contributed by atoms with Gasteiger partial charge in [-0.05, 0) is 50.3 Å². The van der Waals surface area contributed by atoms with E-state index in [0.29, 0.717) is 24.2 Å². The molecule has 1 aromatic carbocycles. The van der Waals surface area contributed by atoms with Crippen LogP contribution in [0.15, 0.2) is 36.0 Å². The van der Waals surface area contributed by atoms with Gasteiger partial charge in [-0.2, -0.15) is 0 Å². The fourth-order valence-corrected chi connectivity index (χ4v) is 4.48. The average Bonchev–Trinajstić information content (AvgIpc) is 2.61. The summed E-state index contributed by atoms with van der Waals surface area (Å²) in [5.74, 6) is 1.82. The van der Waals surface area contributed by atoms with Gasteiger partial charge in [-0.1, -0.05) is 31.4 Å². The van der Waals surface area contributed by atoms with Crippen molar-refractivity contribution in [1.82, 2.24) is 4.90 Å². The van der Waals surface area contributed by atoms with Crippen molar-refractivity contribution in [1.29, 1.82) is 0 Å². The highest BCUT2D eigenvalue weighted by molar-refractivity contribution is 5.91. The molecule has 24 heavy (non-hydrogen) atoms. The molecule has 3 heteroatoms. The third-order valence-corrected chi connectivity index (χ3v) is 5.75. The van der Waals surface area contributed by atoms with Gasteiger partial charge in [-0.3, -0.25) is 4.79 Å². The number of carbonyl (C=O) groups is 1. The van der Waals surface area contributed by atoms with Crippen molar-refractivity contribution in [2.24, 2.45) is 5.92 Å². The number of benzene rings is 1. The summed E-state index contributed by atoms with van der Waals surface area (Å²) in [7, 11) is 1.70. The van der Waals surface area contributed by atoms with Gasteiger partial charge in [0.05, 0.1) is 13.2 Å². The monoisotopic (exact) mass is 327 g/mol. The van der Waals surface area contributed by atoms with Crippen molar-refractivity contribution in [3.63, 3.8) is 0 Å². The Morgan fingerprint density at radius 2 is 1.79 bits per heavy atom. The second-order valence-corrected chi connectivity index (χ2v) is 7.28. The molecule has 0 unspecified atom stereocenters. The first-order valence-corrected chi connectivity index (χ1v) is 9.23. The third kappa shape index (κ3) is 3.50. The number of methoxy groups -OCH3 is 1. The molecule has 0 aromatic heterocycles. The molecule has 1 aliphatic heterocycles. The first-order valence-electron chi connectivity index (χ1n) is 9.23. The van der Waals surface area contributed by atoms with Crippen LogP contribution in [-0.4, -0.2) is 23.8 Å². The Balaban J connectivity index is 1.87. The Labute approximate surface area is 145 Å². The van der Waals surface area contributed by atoms with Gasteiger partial charge in [-0.15, -0.1) is 0 Å². The van der Waals surface area contributed by atoms with E-state index in [4.69, 9.17) is 4.74 Å². The molecule has 3 rings (SSSR count). The van der Waals surface area contributed by atoms with Crippen molar-refractivity contribution in [2.45, 2.75) is 64.5 Å². The number of nitrogens with zero attached hydrogens (tertiary/aromatic N) is 1. The van der Waals surface area contributed by atoms with E-state index in [1.807, 2.05) is 18.2 Å². The summed E-state index contributed by atoms with van der Waals surface area (Å²) in [5, 5.41) is 0. The van der Waals surface area contributed by atoms with E-state index in [1.165, 1.54) is 37.7 Å². The smallest absolute Gasteiger partial charge is 0.159 e. The Bertz CT molecular complexity index is 599. The lowest BCUT2D eigenvalue weighted by Crippen LogP contribution is -2.45. The predicted molar refractivity (Wildman–Crippen MR) is 97.0 cm³/mol.